The van der Waals surface area contributed by atoms with Gasteiger partial charge in [0, 0.05) is 6.54 Å². The highest BCUT2D eigenvalue weighted by molar-refractivity contribution is 8.45. The molecule has 19 heteroatoms. The van der Waals surface area contributed by atoms with Crippen molar-refractivity contribution in [3.63, 3.8) is 0 Å². The number of hydrogen-bond acceptors (Lipinski definition) is 7. The zero-order valence-electron chi connectivity index (χ0n) is 19.0. The predicted molar refractivity (Wildman–Crippen MR) is 136 cm³/mol. The number of sulfonamides is 2. The van der Waals surface area contributed by atoms with Crippen molar-refractivity contribution in [3.8, 4) is 11.8 Å². The van der Waals surface area contributed by atoms with E-state index in [4.69, 9.17) is 23.2 Å². The molecule has 1 heterocycles. The Morgan fingerprint density at radius 3 is 1.92 bits per heavy atom. The molecule has 0 spiro atoms. The lowest BCUT2D eigenvalue weighted by atomic mass is 10.2. The fourth-order valence-corrected chi connectivity index (χ4v) is 7.74. The molecule has 0 aliphatic heterocycles. The summed E-state index contributed by atoms with van der Waals surface area (Å²) < 4.78 is 117. The largest absolute Gasteiger partial charge is 0.364 e. The lowest BCUT2D eigenvalue weighted by Crippen LogP contribution is -2.36. The van der Waals surface area contributed by atoms with Crippen molar-refractivity contribution in [2.45, 2.75) is 11.4 Å². The first-order chi connectivity index (χ1) is 17.0. The maximum atomic E-state index is 13.4. The molecule has 2 aromatic carbocycles. The number of anilines is 2. The lowest BCUT2D eigenvalue weighted by molar-refractivity contribution is 0.364. The van der Waals surface area contributed by atoms with Crippen molar-refractivity contribution in [1.29, 1.82) is 5.26 Å². The lowest BCUT2D eigenvalue weighted by Gasteiger charge is -2.40. The summed E-state index contributed by atoms with van der Waals surface area (Å²) in [4.78, 5) is -2.41. The molecule has 0 aliphatic rings. The summed E-state index contributed by atoms with van der Waals surface area (Å²) in [5.41, 5.74) is -1.75. The number of halogens is 7. The van der Waals surface area contributed by atoms with Gasteiger partial charge in [0.1, 0.15) is 22.3 Å². The molecule has 0 saturated heterocycles. The summed E-state index contributed by atoms with van der Waals surface area (Å²) in [6, 6.07) is 9.50. The summed E-state index contributed by atoms with van der Waals surface area (Å²) in [7, 11) is -19.5. The molecule has 38 heavy (non-hydrogen) atoms. The zero-order chi connectivity index (χ0) is 29.0. The monoisotopic (exact) mass is 639 g/mol. The first-order valence-corrected chi connectivity index (χ1v) is 16.2. The van der Waals surface area contributed by atoms with Gasteiger partial charge in [0.2, 0.25) is 20.0 Å². The summed E-state index contributed by atoms with van der Waals surface area (Å²) in [6.45, 7) is -0.148. The molecule has 0 atom stereocenters. The second-order valence-electron chi connectivity index (χ2n) is 7.84. The minimum Gasteiger partial charge on any atom is -0.364 e. The highest BCUT2D eigenvalue weighted by atomic mass is 35.5. The molecule has 0 bridgehead atoms. The van der Waals surface area contributed by atoms with Gasteiger partial charge in [0.25, 0.3) is 0 Å². The van der Waals surface area contributed by atoms with Crippen molar-refractivity contribution in [2.75, 3.05) is 21.5 Å². The van der Waals surface area contributed by atoms with Gasteiger partial charge in [-0.15, -0.1) is 0 Å². The Bertz CT molecular complexity index is 1640. The Morgan fingerprint density at radius 2 is 1.50 bits per heavy atom. The Labute approximate surface area is 224 Å². The number of hydrogen-bond donors (Lipinski definition) is 1. The third-order valence-corrected chi connectivity index (χ3v) is 9.60. The van der Waals surface area contributed by atoms with Crippen molar-refractivity contribution in [2.24, 2.45) is 0 Å². The summed E-state index contributed by atoms with van der Waals surface area (Å²) in [5, 5.41) is 14.1. The molecular formula is C19H16Cl2F5N5O4S3. The Morgan fingerprint density at radius 1 is 1.00 bits per heavy atom. The van der Waals surface area contributed by atoms with Crippen LogP contribution in [0.4, 0.5) is 30.9 Å². The van der Waals surface area contributed by atoms with Crippen molar-refractivity contribution < 1.29 is 36.3 Å². The molecule has 3 aromatic rings. The third kappa shape index (κ3) is 6.26. The second-order valence-corrected chi connectivity index (χ2v) is 15.0. The maximum absolute atomic E-state index is 13.4. The number of nitriles is 1. The number of rotatable bonds is 8. The summed E-state index contributed by atoms with van der Waals surface area (Å²) >= 11 is 11.9. The van der Waals surface area contributed by atoms with Crippen LogP contribution in [0, 0.1) is 11.3 Å². The first kappa shape index (κ1) is 29.8. The van der Waals surface area contributed by atoms with Crippen LogP contribution in [0.2, 0.25) is 10.0 Å². The predicted octanol–water partition coefficient (Wildman–Crippen LogP) is 6.05. The van der Waals surface area contributed by atoms with Crippen LogP contribution in [0.3, 0.4) is 0 Å². The molecule has 0 unspecified atom stereocenters. The van der Waals surface area contributed by atoms with E-state index in [2.05, 4.69) is 10.4 Å². The van der Waals surface area contributed by atoms with Crippen LogP contribution >= 0.6 is 33.4 Å². The van der Waals surface area contributed by atoms with Crippen LogP contribution in [-0.2, 0) is 26.6 Å². The van der Waals surface area contributed by atoms with E-state index in [1.807, 2.05) is 0 Å². The average molecular weight is 640 g/mol. The topological polar surface area (TPSA) is 125 Å². The Hall–Kier alpha value is -2.78. The van der Waals surface area contributed by atoms with Gasteiger partial charge in [0.05, 0.1) is 22.6 Å². The molecule has 3 rings (SSSR count). The van der Waals surface area contributed by atoms with Crippen LogP contribution in [-0.4, -0.2) is 39.1 Å². The highest BCUT2D eigenvalue weighted by Gasteiger charge is 2.65. The SMILES string of the molecule is CS(=O)(=O)N(c1c(C#N)nn(-c2c(Cl)cc(S(F)(F)(F)(F)F)cc2Cl)c1NCc1ccccc1)S(C)(=O)=O. The Balaban J connectivity index is 2.41. The maximum Gasteiger partial charge on any atom is 0.310 e. The molecule has 1 N–H and O–H groups in total. The van der Waals surface area contributed by atoms with E-state index in [1.165, 1.54) is 6.07 Å². The summed E-state index contributed by atoms with van der Waals surface area (Å²) in [5.74, 6) is -0.551. The van der Waals surface area contributed by atoms with E-state index in [0.717, 1.165) is 0 Å². The number of benzene rings is 2. The molecule has 1 aromatic heterocycles. The van der Waals surface area contributed by atoms with E-state index < -0.39 is 68.1 Å². The van der Waals surface area contributed by atoms with Crippen molar-refractivity contribution in [1.82, 2.24) is 9.78 Å². The minimum atomic E-state index is -10.2. The van der Waals surface area contributed by atoms with Gasteiger partial charge in [0.15, 0.2) is 11.5 Å². The van der Waals surface area contributed by atoms with E-state index in [1.54, 1.807) is 30.3 Å². The molecule has 9 nitrogen and oxygen atoms in total. The van der Waals surface area contributed by atoms with Crippen molar-refractivity contribution >= 4 is 65.0 Å². The second kappa shape index (κ2) is 8.88. The molecular weight excluding hydrogens is 624 g/mol. The smallest absolute Gasteiger partial charge is 0.310 e. The molecule has 0 amide bonds. The van der Waals surface area contributed by atoms with Gasteiger partial charge in [-0.1, -0.05) is 73.0 Å². The molecule has 208 valence electrons. The van der Waals surface area contributed by atoms with E-state index >= 15 is 0 Å². The molecule has 0 aliphatic carbocycles. The minimum absolute atomic E-state index is 0.108. The number of nitrogens with zero attached hydrogens (tertiary/aromatic N) is 4. The van der Waals surface area contributed by atoms with Crippen LogP contribution in [0.1, 0.15) is 11.3 Å². The fraction of sp³-hybridized carbons (Fsp3) is 0.158. The van der Waals surface area contributed by atoms with E-state index in [-0.39, 0.29) is 22.4 Å². The average Bonchev–Trinajstić information content (AvgIpc) is 3.06. The third-order valence-electron chi connectivity index (χ3n) is 4.70. The van der Waals surface area contributed by atoms with Gasteiger partial charge in [-0.25, -0.2) is 21.5 Å². The van der Waals surface area contributed by atoms with Gasteiger partial charge < -0.3 is 5.32 Å². The number of nitrogens with one attached hydrogen (secondary N) is 1. The molecule has 0 saturated carbocycles. The van der Waals surface area contributed by atoms with Gasteiger partial charge >= 0.3 is 10.2 Å². The van der Waals surface area contributed by atoms with Crippen LogP contribution < -0.4 is 9.03 Å². The quantitative estimate of drug-likeness (QED) is 0.298. The van der Waals surface area contributed by atoms with Gasteiger partial charge in [-0.2, -0.15) is 14.1 Å². The van der Waals surface area contributed by atoms with E-state index in [0.29, 0.717) is 22.8 Å². The fourth-order valence-electron chi connectivity index (χ4n) is 3.31. The van der Waals surface area contributed by atoms with E-state index in [9.17, 15) is 41.5 Å². The van der Waals surface area contributed by atoms with Gasteiger partial charge in [-0.05, 0) is 17.7 Å². The normalized spacial score (nSPS) is 14.3. The van der Waals surface area contributed by atoms with Crippen LogP contribution in [0.5, 0.6) is 0 Å². The summed E-state index contributed by atoms with van der Waals surface area (Å²) in [6.07, 6.45) is 1.05. The number of aromatic nitrogens is 2. The zero-order valence-corrected chi connectivity index (χ0v) is 23.0. The van der Waals surface area contributed by atoms with Gasteiger partial charge in [-0.3, -0.25) is 0 Å². The van der Waals surface area contributed by atoms with Crippen LogP contribution in [0.25, 0.3) is 5.69 Å². The van der Waals surface area contributed by atoms with Crippen molar-refractivity contribution in [3.05, 3.63) is 63.8 Å². The Kier molecular flexibility index (Phi) is 6.96. The standard InChI is InChI=1S/C19H16Cl2F5N5O4S3/c1-36(32,33)31(37(2,34)35)18-16(10-27)29-30(19(18)28-11-12-6-4-3-5-7-12)17-14(20)8-13(9-15(17)21)38(22,23,24,25)26/h3-9,28H,11H2,1-2H3. The highest BCUT2D eigenvalue weighted by Crippen LogP contribution is 3.02. The van der Waals surface area contributed by atoms with Crippen LogP contribution in [0.15, 0.2) is 47.4 Å². The molecule has 0 fully saturated rings. The first-order valence-electron chi connectivity index (χ1n) is 9.79. The molecule has 0 radical (unpaired) electrons.